The molecule has 0 aliphatic carbocycles. The second-order valence-corrected chi connectivity index (χ2v) is 7.23. The maximum absolute atomic E-state index is 11.5. The van der Waals surface area contributed by atoms with Crippen molar-refractivity contribution in [2.45, 2.75) is 19.4 Å². The molecule has 5 heteroatoms. The Labute approximate surface area is 120 Å². The van der Waals surface area contributed by atoms with E-state index in [9.17, 15) is 8.42 Å². The highest BCUT2D eigenvalue weighted by atomic mass is 32.2. The summed E-state index contributed by atoms with van der Waals surface area (Å²) in [6, 6.07) is 11.8. The Morgan fingerprint density at radius 2 is 1.95 bits per heavy atom. The molecule has 0 saturated heterocycles. The van der Waals surface area contributed by atoms with Crippen molar-refractivity contribution in [3.05, 3.63) is 42.1 Å². The summed E-state index contributed by atoms with van der Waals surface area (Å²) in [6.07, 6.45) is 1.89. The molecule has 0 aliphatic heterocycles. The minimum absolute atomic E-state index is 0.0938. The van der Waals surface area contributed by atoms with Crippen LogP contribution in [-0.4, -0.2) is 38.0 Å². The Bertz CT molecular complexity index is 683. The molecule has 0 fully saturated rings. The quantitative estimate of drug-likeness (QED) is 0.882. The summed E-state index contributed by atoms with van der Waals surface area (Å²) in [5.41, 5.74) is 1.86. The maximum atomic E-state index is 11.5. The van der Waals surface area contributed by atoms with E-state index in [0.717, 1.165) is 23.1 Å². The monoisotopic (exact) mass is 292 g/mol. The summed E-state index contributed by atoms with van der Waals surface area (Å²) in [7, 11) is -3.00. The first-order valence-corrected chi connectivity index (χ1v) is 8.80. The number of fused-ring (bicyclic) bond motifs is 1. The van der Waals surface area contributed by atoms with Crippen molar-refractivity contribution >= 4 is 20.7 Å². The van der Waals surface area contributed by atoms with E-state index in [2.05, 4.69) is 10.3 Å². The minimum Gasteiger partial charge on any atom is -0.313 e. The number of nitrogens with one attached hydrogen (secondary N) is 1. The van der Waals surface area contributed by atoms with E-state index >= 15 is 0 Å². The molecule has 1 unspecified atom stereocenters. The van der Waals surface area contributed by atoms with E-state index in [1.807, 2.05) is 43.3 Å². The molecule has 1 N–H and O–H groups in total. The lowest BCUT2D eigenvalue weighted by molar-refractivity contribution is 0.541. The van der Waals surface area contributed by atoms with Gasteiger partial charge in [0.2, 0.25) is 0 Å². The third-order valence-corrected chi connectivity index (χ3v) is 4.12. The molecule has 20 heavy (non-hydrogen) atoms. The van der Waals surface area contributed by atoms with Gasteiger partial charge >= 0.3 is 0 Å². The number of hydrogen-bond donors (Lipinski definition) is 1. The van der Waals surface area contributed by atoms with Crippen molar-refractivity contribution in [3.63, 3.8) is 0 Å². The summed E-state index contributed by atoms with van der Waals surface area (Å²) in [5.74, 6) is 0.134. The first-order valence-electron chi connectivity index (χ1n) is 6.73. The molecule has 0 aliphatic rings. The largest absolute Gasteiger partial charge is 0.313 e. The van der Waals surface area contributed by atoms with Crippen LogP contribution in [0.2, 0.25) is 0 Å². The van der Waals surface area contributed by atoms with E-state index in [0.29, 0.717) is 6.42 Å². The highest BCUT2D eigenvalue weighted by Gasteiger charge is 2.15. The van der Waals surface area contributed by atoms with Crippen LogP contribution < -0.4 is 5.32 Å². The van der Waals surface area contributed by atoms with E-state index in [-0.39, 0.29) is 11.8 Å². The van der Waals surface area contributed by atoms with Crippen LogP contribution in [0, 0.1) is 0 Å². The van der Waals surface area contributed by atoms with Gasteiger partial charge < -0.3 is 5.32 Å². The molecule has 1 heterocycles. The Hall–Kier alpha value is -1.46. The van der Waals surface area contributed by atoms with Gasteiger partial charge in [0.15, 0.2) is 0 Å². The molecule has 0 saturated carbocycles. The zero-order chi connectivity index (χ0) is 14.6. The van der Waals surface area contributed by atoms with Crippen LogP contribution in [0.5, 0.6) is 0 Å². The molecule has 0 bridgehead atoms. The van der Waals surface area contributed by atoms with E-state index < -0.39 is 9.84 Å². The first kappa shape index (κ1) is 14.9. The second kappa shape index (κ2) is 6.33. The number of nitrogens with zero attached hydrogens (tertiary/aromatic N) is 1. The number of hydrogen-bond acceptors (Lipinski definition) is 4. The van der Waals surface area contributed by atoms with E-state index in [1.54, 1.807) is 0 Å². The van der Waals surface area contributed by atoms with Gasteiger partial charge in [0.05, 0.1) is 11.3 Å². The van der Waals surface area contributed by atoms with Crippen molar-refractivity contribution in [1.29, 1.82) is 0 Å². The number of sulfone groups is 1. The fraction of sp³-hybridized carbons (Fsp3) is 0.400. The van der Waals surface area contributed by atoms with E-state index in [1.165, 1.54) is 6.26 Å². The lowest BCUT2D eigenvalue weighted by atomic mass is 10.1. The first-order chi connectivity index (χ1) is 9.48. The number of aromatic nitrogens is 1. The van der Waals surface area contributed by atoms with Gasteiger partial charge in [0.25, 0.3) is 0 Å². The Morgan fingerprint density at radius 1 is 1.20 bits per heavy atom. The lowest BCUT2D eigenvalue weighted by Crippen LogP contribution is -2.37. The van der Waals surface area contributed by atoms with Gasteiger partial charge in [-0.1, -0.05) is 31.2 Å². The van der Waals surface area contributed by atoms with E-state index in [4.69, 9.17) is 0 Å². The normalized spacial score (nSPS) is 13.5. The van der Waals surface area contributed by atoms with Gasteiger partial charge in [-0.25, -0.2) is 8.42 Å². The summed E-state index contributed by atoms with van der Waals surface area (Å²) in [4.78, 5) is 4.59. The van der Waals surface area contributed by atoms with Crippen molar-refractivity contribution in [3.8, 4) is 0 Å². The summed E-state index contributed by atoms with van der Waals surface area (Å²) in [5, 5.41) is 4.31. The Kier molecular flexibility index (Phi) is 4.73. The fourth-order valence-electron chi connectivity index (χ4n) is 2.32. The maximum Gasteiger partial charge on any atom is 0.148 e. The molecule has 0 spiro atoms. The predicted molar refractivity (Wildman–Crippen MR) is 82.6 cm³/mol. The Balaban J connectivity index is 2.19. The lowest BCUT2D eigenvalue weighted by Gasteiger charge is -2.16. The topological polar surface area (TPSA) is 59.1 Å². The molecule has 1 aromatic heterocycles. The van der Waals surface area contributed by atoms with Crippen LogP contribution in [0.3, 0.4) is 0 Å². The van der Waals surface area contributed by atoms with Gasteiger partial charge in [-0.3, -0.25) is 4.98 Å². The smallest absolute Gasteiger partial charge is 0.148 e. The summed E-state index contributed by atoms with van der Waals surface area (Å²) in [6.45, 7) is 2.72. The third kappa shape index (κ3) is 4.28. The fourth-order valence-corrected chi connectivity index (χ4v) is 3.29. The van der Waals surface area contributed by atoms with Crippen LogP contribution in [0.25, 0.3) is 10.9 Å². The predicted octanol–water partition coefficient (Wildman–Crippen LogP) is 1.80. The number of pyridine rings is 1. The SMILES string of the molecule is CCNC(Cc1ccc2ccccc2n1)CS(C)(=O)=O. The minimum atomic E-state index is -3.00. The van der Waals surface area contributed by atoms with Gasteiger partial charge in [0, 0.05) is 29.8 Å². The zero-order valence-corrected chi connectivity index (χ0v) is 12.7. The highest BCUT2D eigenvalue weighted by Crippen LogP contribution is 2.13. The standard InChI is InChI=1S/C15H20N2O2S/c1-3-16-14(11-20(2,18)19)10-13-9-8-12-6-4-5-7-15(12)17-13/h4-9,14,16H,3,10-11H2,1-2H3. The van der Waals surface area contributed by atoms with Crippen LogP contribution >= 0.6 is 0 Å². The highest BCUT2D eigenvalue weighted by molar-refractivity contribution is 7.90. The molecule has 108 valence electrons. The molecule has 0 amide bonds. The van der Waals surface area contributed by atoms with Crippen LogP contribution in [-0.2, 0) is 16.3 Å². The number of rotatable bonds is 6. The second-order valence-electron chi connectivity index (χ2n) is 5.05. The average molecular weight is 292 g/mol. The molecule has 2 aromatic rings. The van der Waals surface area contributed by atoms with Crippen LogP contribution in [0.15, 0.2) is 36.4 Å². The van der Waals surface area contributed by atoms with Gasteiger partial charge in [-0.2, -0.15) is 0 Å². The number of benzene rings is 1. The average Bonchev–Trinajstić information content (AvgIpc) is 2.37. The van der Waals surface area contributed by atoms with Gasteiger partial charge in [-0.05, 0) is 18.7 Å². The van der Waals surface area contributed by atoms with Crippen molar-refractivity contribution < 1.29 is 8.42 Å². The number of para-hydroxylation sites is 1. The van der Waals surface area contributed by atoms with Crippen molar-refractivity contribution in [2.24, 2.45) is 0 Å². The molecular formula is C15H20N2O2S. The third-order valence-electron chi connectivity index (χ3n) is 3.11. The molecule has 4 nitrogen and oxygen atoms in total. The van der Waals surface area contributed by atoms with Crippen molar-refractivity contribution in [2.75, 3.05) is 18.6 Å². The zero-order valence-electron chi connectivity index (χ0n) is 11.8. The summed E-state index contributed by atoms with van der Waals surface area (Å²) >= 11 is 0. The Morgan fingerprint density at radius 3 is 2.65 bits per heavy atom. The molecular weight excluding hydrogens is 272 g/mol. The van der Waals surface area contributed by atoms with Gasteiger partial charge in [0.1, 0.15) is 9.84 Å². The van der Waals surface area contributed by atoms with Crippen LogP contribution in [0.4, 0.5) is 0 Å². The molecule has 1 atom stereocenters. The van der Waals surface area contributed by atoms with Crippen molar-refractivity contribution in [1.82, 2.24) is 10.3 Å². The van der Waals surface area contributed by atoms with Gasteiger partial charge in [-0.15, -0.1) is 0 Å². The molecule has 2 rings (SSSR count). The molecule has 1 aromatic carbocycles. The number of likely N-dealkylation sites (N-methyl/N-ethyl adjacent to an activating group) is 1. The molecule has 0 radical (unpaired) electrons. The summed E-state index contributed by atoms with van der Waals surface area (Å²) < 4.78 is 22.9. The van der Waals surface area contributed by atoms with Crippen LogP contribution in [0.1, 0.15) is 12.6 Å².